The van der Waals surface area contributed by atoms with E-state index in [1.54, 1.807) is 24.3 Å². The Morgan fingerprint density at radius 3 is 2.59 bits per heavy atom. The van der Waals surface area contributed by atoms with Crippen molar-refractivity contribution in [1.82, 2.24) is 0 Å². The van der Waals surface area contributed by atoms with E-state index in [4.69, 9.17) is 11.6 Å². The van der Waals surface area contributed by atoms with Gasteiger partial charge in [0.1, 0.15) is 5.75 Å². The van der Waals surface area contributed by atoms with E-state index in [9.17, 15) is 15.2 Å². The topological polar surface area (TPSA) is 63.4 Å². The molecule has 0 aromatic heterocycles. The lowest BCUT2D eigenvalue weighted by Crippen LogP contribution is -1.88. The van der Waals surface area contributed by atoms with Gasteiger partial charge in [-0.15, -0.1) is 0 Å². The Bertz CT molecular complexity index is 584. The number of nitro benzene ring substituents is 1. The molecule has 1 N–H and O–H groups in total. The molecule has 0 spiro atoms. The molecule has 5 heteroatoms. The number of benzene rings is 2. The summed E-state index contributed by atoms with van der Waals surface area (Å²) in [4.78, 5) is 10.2. The Kier molecular flexibility index (Phi) is 2.97. The third kappa shape index (κ3) is 2.37. The average molecular weight is 250 g/mol. The van der Waals surface area contributed by atoms with Crippen molar-refractivity contribution in [2.75, 3.05) is 0 Å². The van der Waals surface area contributed by atoms with Gasteiger partial charge in [-0.05, 0) is 23.8 Å². The molecule has 86 valence electrons. The van der Waals surface area contributed by atoms with Crippen molar-refractivity contribution >= 4 is 17.3 Å². The molecule has 0 aliphatic heterocycles. The molecule has 17 heavy (non-hydrogen) atoms. The first kappa shape index (κ1) is 11.4. The fourth-order valence-electron chi connectivity index (χ4n) is 1.52. The molecule has 0 saturated carbocycles. The normalized spacial score (nSPS) is 10.2. The van der Waals surface area contributed by atoms with E-state index in [-0.39, 0.29) is 11.4 Å². The fourth-order valence-corrected chi connectivity index (χ4v) is 1.72. The molecule has 0 fully saturated rings. The Hall–Kier alpha value is -2.07. The second-order valence-corrected chi connectivity index (χ2v) is 3.91. The summed E-state index contributed by atoms with van der Waals surface area (Å²) in [7, 11) is 0. The molecule has 0 aliphatic carbocycles. The molecule has 2 aromatic carbocycles. The Balaban J connectivity index is 2.58. The number of halogens is 1. The number of nitro groups is 1. The second kappa shape index (κ2) is 4.43. The third-order valence-corrected chi connectivity index (χ3v) is 2.56. The smallest absolute Gasteiger partial charge is 0.270 e. The lowest BCUT2D eigenvalue weighted by Gasteiger charge is -2.04. The highest BCUT2D eigenvalue weighted by Crippen LogP contribution is 2.33. The fraction of sp³-hybridized carbons (Fsp3) is 0. The van der Waals surface area contributed by atoms with Crippen LogP contribution < -0.4 is 0 Å². The zero-order chi connectivity index (χ0) is 12.4. The number of non-ortho nitro benzene ring substituents is 1. The van der Waals surface area contributed by atoms with Crippen LogP contribution in [-0.2, 0) is 0 Å². The van der Waals surface area contributed by atoms with E-state index in [2.05, 4.69) is 0 Å². The van der Waals surface area contributed by atoms with Gasteiger partial charge in [-0.25, -0.2) is 0 Å². The van der Waals surface area contributed by atoms with Crippen molar-refractivity contribution < 1.29 is 10.0 Å². The van der Waals surface area contributed by atoms with Crippen LogP contribution in [0.25, 0.3) is 11.1 Å². The molecular weight excluding hydrogens is 242 g/mol. The van der Waals surface area contributed by atoms with Gasteiger partial charge in [-0.2, -0.15) is 0 Å². The van der Waals surface area contributed by atoms with Crippen molar-refractivity contribution in [3.63, 3.8) is 0 Å². The number of phenols is 1. The molecular formula is C12H8ClNO3. The van der Waals surface area contributed by atoms with E-state index in [0.29, 0.717) is 16.1 Å². The Morgan fingerprint density at radius 2 is 1.94 bits per heavy atom. The van der Waals surface area contributed by atoms with Gasteiger partial charge in [0, 0.05) is 22.7 Å². The molecule has 0 unspecified atom stereocenters. The maximum Gasteiger partial charge on any atom is 0.270 e. The number of rotatable bonds is 2. The Morgan fingerprint density at radius 1 is 1.18 bits per heavy atom. The minimum absolute atomic E-state index is 0.0159. The van der Waals surface area contributed by atoms with E-state index in [1.165, 1.54) is 18.2 Å². The van der Waals surface area contributed by atoms with E-state index >= 15 is 0 Å². The van der Waals surface area contributed by atoms with Gasteiger partial charge in [0.2, 0.25) is 0 Å². The number of phenolic OH excluding ortho intramolecular Hbond substituents is 1. The monoisotopic (exact) mass is 249 g/mol. The first-order valence-corrected chi connectivity index (χ1v) is 5.19. The van der Waals surface area contributed by atoms with Gasteiger partial charge in [-0.1, -0.05) is 23.7 Å². The SMILES string of the molecule is O=[N+]([O-])c1ccc(O)c(-c2cccc(Cl)c2)c1. The van der Waals surface area contributed by atoms with Gasteiger partial charge in [-0.3, -0.25) is 10.1 Å². The summed E-state index contributed by atoms with van der Waals surface area (Å²) in [6.45, 7) is 0. The summed E-state index contributed by atoms with van der Waals surface area (Å²) in [5.41, 5.74) is 0.957. The molecule has 0 bridgehead atoms. The number of hydrogen-bond donors (Lipinski definition) is 1. The Labute approximate surface area is 102 Å². The van der Waals surface area contributed by atoms with Gasteiger partial charge < -0.3 is 5.11 Å². The van der Waals surface area contributed by atoms with Crippen LogP contribution in [0.1, 0.15) is 0 Å². The molecule has 0 saturated heterocycles. The lowest BCUT2D eigenvalue weighted by atomic mass is 10.0. The quantitative estimate of drug-likeness (QED) is 0.653. The summed E-state index contributed by atoms with van der Waals surface area (Å²) >= 11 is 5.83. The van der Waals surface area contributed by atoms with Crippen LogP contribution in [0.4, 0.5) is 5.69 Å². The van der Waals surface area contributed by atoms with E-state index < -0.39 is 4.92 Å². The molecule has 4 nitrogen and oxygen atoms in total. The third-order valence-electron chi connectivity index (χ3n) is 2.33. The highest BCUT2D eigenvalue weighted by molar-refractivity contribution is 6.30. The van der Waals surface area contributed by atoms with Crippen molar-refractivity contribution in [1.29, 1.82) is 0 Å². The molecule has 2 rings (SSSR count). The first-order chi connectivity index (χ1) is 8.08. The zero-order valence-electron chi connectivity index (χ0n) is 8.63. The highest BCUT2D eigenvalue weighted by atomic mass is 35.5. The predicted octanol–water partition coefficient (Wildman–Crippen LogP) is 3.62. The van der Waals surface area contributed by atoms with Crippen LogP contribution in [0.2, 0.25) is 5.02 Å². The van der Waals surface area contributed by atoms with Crippen LogP contribution >= 0.6 is 11.6 Å². The van der Waals surface area contributed by atoms with Crippen LogP contribution in [0.3, 0.4) is 0 Å². The lowest BCUT2D eigenvalue weighted by molar-refractivity contribution is -0.384. The van der Waals surface area contributed by atoms with Crippen molar-refractivity contribution in [2.24, 2.45) is 0 Å². The van der Waals surface area contributed by atoms with Crippen LogP contribution in [0.15, 0.2) is 42.5 Å². The zero-order valence-corrected chi connectivity index (χ0v) is 9.39. The maximum atomic E-state index is 10.7. The summed E-state index contributed by atoms with van der Waals surface area (Å²) in [6, 6.07) is 10.7. The van der Waals surface area contributed by atoms with Crippen molar-refractivity contribution in [3.05, 3.63) is 57.6 Å². The summed E-state index contributed by atoms with van der Waals surface area (Å²) in [5, 5.41) is 20.9. The van der Waals surface area contributed by atoms with E-state index in [1.807, 2.05) is 0 Å². The second-order valence-electron chi connectivity index (χ2n) is 3.47. The van der Waals surface area contributed by atoms with E-state index in [0.717, 1.165) is 0 Å². The maximum absolute atomic E-state index is 10.7. The molecule has 0 aliphatic rings. The summed E-state index contributed by atoms with van der Waals surface area (Å²) in [6.07, 6.45) is 0. The van der Waals surface area contributed by atoms with Crippen LogP contribution in [-0.4, -0.2) is 10.0 Å². The molecule has 0 heterocycles. The molecule has 0 atom stereocenters. The molecule has 0 radical (unpaired) electrons. The van der Waals surface area contributed by atoms with Crippen molar-refractivity contribution in [3.8, 4) is 16.9 Å². The van der Waals surface area contributed by atoms with Gasteiger partial charge in [0.25, 0.3) is 5.69 Å². The minimum Gasteiger partial charge on any atom is -0.507 e. The highest BCUT2D eigenvalue weighted by Gasteiger charge is 2.11. The van der Waals surface area contributed by atoms with Crippen LogP contribution in [0, 0.1) is 10.1 Å². The van der Waals surface area contributed by atoms with Crippen molar-refractivity contribution in [2.45, 2.75) is 0 Å². The standard InChI is InChI=1S/C12H8ClNO3/c13-9-3-1-2-8(6-9)11-7-10(14(16)17)4-5-12(11)15/h1-7,15H. The predicted molar refractivity (Wildman–Crippen MR) is 65.2 cm³/mol. The number of hydrogen-bond acceptors (Lipinski definition) is 3. The van der Waals surface area contributed by atoms with Gasteiger partial charge in [0.15, 0.2) is 0 Å². The first-order valence-electron chi connectivity index (χ1n) is 4.81. The molecule has 0 amide bonds. The van der Waals surface area contributed by atoms with Gasteiger partial charge in [0.05, 0.1) is 4.92 Å². The largest absolute Gasteiger partial charge is 0.507 e. The van der Waals surface area contributed by atoms with Crippen LogP contribution in [0.5, 0.6) is 5.75 Å². The summed E-state index contributed by atoms with van der Waals surface area (Å²) in [5.74, 6) is -0.0159. The minimum atomic E-state index is -0.506. The summed E-state index contributed by atoms with van der Waals surface area (Å²) < 4.78 is 0. The number of aromatic hydroxyl groups is 1. The number of nitrogens with zero attached hydrogens (tertiary/aromatic N) is 1. The average Bonchev–Trinajstić information content (AvgIpc) is 2.29. The molecule has 2 aromatic rings. The van der Waals surface area contributed by atoms with Gasteiger partial charge >= 0.3 is 0 Å².